The van der Waals surface area contributed by atoms with Crippen LogP contribution in [0.4, 0.5) is 0 Å². The molecule has 0 aromatic heterocycles. The molecule has 2 rings (SSSR count). The zero-order valence-corrected chi connectivity index (χ0v) is 11.8. The van der Waals surface area contributed by atoms with E-state index in [1.54, 1.807) is 0 Å². The predicted molar refractivity (Wildman–Crippen MR) is 74.3 cm³/mol. The molecule has 2 aliphatic rings. The molecular formula is C15H27N3. The van der Waals surface area contributed by atoms with E-state index in [9.17, 15) is 0 Å². The quantitative estimate of drug-likeness (QED) is 0.717. The van der Waals surface area contributed by atoms with E-state index in [1.165, 1.54) is 51.9 Å². The molecule has 0 aromatic rings. The van der Waals surface area contributed by atoms with Crippen molar-refractivity contribution in [1.29, 1.82) is 5.26 Å². The van der Waals surface area contributed by atoms with Gasteiger partial charge in [0, 0.05) is 38.6 Å². The maximum Gasteiger partial charge on any atom is 0.0622 e. The Hall–Kier alpha value is -0.590. The summed E-state index contributed by atoms with van der Waals surface area (Å²) in [6, 6.07) is 3.10. The topological polar surface area (TPSA) is 30.3 Å². The average Bonchev–Trinajstić information content (AvgIpc) is 2.41. The van der Waals surface area contributed by atoms with Gasteiger partial charge >= 0.3 is 0 Å². The minimum Gasteiger partial charge on any atom is -0.301 e. The summed E-state index contributed by atoms with van der Waals surface area (Å²) in [6.07, 6.45) is 7.42. The molecule has 0 spiro atoms. The van der Waals surface area contributed by atoms with Gasteiger partial charge in [-0.3, -0.25) is 4.90 Å². The Morgan fingerprint density at radius 2 is 1.72 bits per heavy atom. The molecule has 0 radical (unpaired) electrons. The Balaban J connectivity index is 1.65. The van der Waals surface area contributed by atoms with Crippen molar-refractivity contribution in [2.75, 3.05) is 32.7 Å². The van der Waals surface area contributed by atoms with Gasteiger partial charge < -0.3 is 4.90 Å². The van der Waals surface area contributed by atoms with Gasteiger partial charge in [-0.25, -0.2) is 0 Å². The van der Waals surface area contributed by atoms with Gasteiger partial charge in [0.1, 0.15) is 0 Å². The van der Waals surface area contributed by atoms with Crippen LogP contribution in [0.5, 0.6) is 0 Å². The molecule has 1 heterocycles. The monoisotopic (exact) mass is 249 g/mol. The van der Waals surface area contributed by atoms with E-state index in [4.69, 9.17) is 5.26 Å². The van der Waals surface area contributed by atoms with Crippen LogP contribution < -0.4 is 0 Å². The fourth-order valence-electron chi connectivity index (χ4n) is 3.34. The van der Waals surface area contributed by atoms with Crippen LogP contribution in [0, 0.1) is 17.2 Å². The van der Waals surface area contributed by atoms with E-state index in [0.29, 0.717) is 6.42 Å². The van der Waals surface area contributed by atoms with Gasteiger partial charge in [-0.2, -0.15) is 5.26 Å². The molecule has 3 nitrogen and oxygen atoms in total. The van der Waals surface area contributed by atoms with Crippen molar-refractivity contribution in [2.24, 2.45) is 5.92 Å². The van der Waals surface area contributed by atoms with Crippen LogP contribution in [-0.4, -0.2) is 48.6 Å². The van der Waals surface area contributed by atoms with E-state index in [1.807, 2.05) is 0 Å². The summed E-state index contributed by atoms with van der Waals surface area (Å²) in [6.45, 7) is 8.40. The normalized spacial score (nSPS) is 31.1. The lowest BCUT2D eigenvalue weighted by molar-refractivity contribution is 0.0718. The molecule has 1 aliphatic carbocycles. The largest absolute Gasteiger partial charge is 0.301 e. The fraction of sp³-hybridized carbons (Fsp3) is 0.933. The van der Waals surface area contributed by atoms with Crippen LogP contribution >= 0.6 is 0 Å². The van der Waals surface area contributed by atoms with Gasteiger partial charge in [0.25, 0.3) is 0 Å². The van der Waals surface area contributed by atoms with E-state index in [2.05, 4.69) is 22.8 Å². The Bertz CT molecular complexity index is 268. The number of hydrogen-bond donors (Lipinski definition) is 0. The second-order valence-electron chi connectivity index (χ2n) is 6.05. The molecule has 102 valence electrons. The lowest BCUT2D eigenvalue weighted by atomic mass is 9.86. The number of hydrogen-bond acceptors (Lipinski definition) is 3. The smallest absolute Gasteiger partial charge is 0.0622 e. The molecule has 3 heteroatoms. The van der Waals surface area contributed by atoms with Gasteiger partial charge in [0.15, 0.2) is 0 Å². The average molecular weight is 249 g/mol. The van der Waals surface area contributed by atoms with Crippen LogP contribution in [0.2, 0.25) is 0 Å². The lowest BCUT2D eigenvalue weighted by Crippen LogP contribution is -2.51. The lowest BCUT2D eigenvalue weighted by Gasteiger charge is -2.41. The number of piperazine rings is 1. The summed E-state index contributed by atoms with van der Waals surface area (Å²) < 4.78 is 0. The molecule has 18 heavy (non-hydrogen) atoms. The van der Waals surface area contributed by atoms with Crippen LogP contribution in [0.1, 0.15) is 45.4 Å². The van der Waals surface area contributed by atoms with Gasteiger partial charge in [-0.15, -0.1) is 0 Å². The SMILES string of the molecule is CC1CCC(N2CCN(CCCC#N)CC2)CC1. The molecule has 1 aliphatic heterocycles. The maximum atomic E-state index is 8.55. The fourth-order valence-corrected chi connectivity index (χ4v) is 3.34. The summed E-state index contributed by atoms with van der Waals surface area (Å²) in [7, 11) is 0. The first-order valence-electron chi connectivity index (χ1n) is 7.63. The van der Waals surface area contributed by atoms with E-state index in [0.717, 1.165) is 24.9 Å². The summed E-state index contributed by atoms with van der Waals surface area (Å²) in [5, 5.41) is 8.55. The molecular weight excluding hydrogens is 222 g/mol. The molecule has 1 saturated heterocycles. The van der Waals surface area contributed by atoms with Gasteiger partial charge in [0.2, 0.25) is 0 Å². The van der Waals surface area contributed by atoms with E-state index in [-0.39, 0.29) is 0 Å². The number of unbranched alkanes of at least 4 members (excludes halogenated alkanes) is 1. The van der Waals surface area contributed by atoms with Crippen molar-refractivity contribution in [3.8, 4) is 6.07 Å². The van der Waals surface area contributed by atoms with Crippen molar-refractivity contribution in [1.82, 2.24) is 9.80 Å². The highest BCUT2D eigenvalue weighted by Crippen LogP contribution is 2.27. The molecule has 0 atom stereocenters. The first-order chi connectivity index (χ1) is 8.79. The van der Waals surface area contributed by atoms with Crippen molar-refractivity contribution in [3.05, 3.63) is 0 Å². The molecule has 0 unspecified atom stereocenters. The number of nitrogens with zero attached hydrogens (tertiary/aromatic N) is 3. The van der Waals surface area contributed by atoms with E-state index < -0.39 is 0 Å². The minimum absolute atomic E-state index is 0.709. The zero-order valence-electron chi connectivity index (χ0n) is 11.8. The summed E-state index contributed by atoms with van der Waals surface area (Å²) in [5.41, 5.74) is 0. The third-order valence-corrected chi connectivity index (χ3v) is 4.67. The van der Waals surface area contributed by atoms with Crippen LogP contribution in [-0.2, 0) is 0 Å². The maximum absolute atomic E-state index is 8.55. The van der Waals surface area contributed by atoms with E-state index >= 15 is 0 Å². The van der Waals surface area contributed by atoms with Gasteiger partial charge in [-0.05, 0) is 44.6 Å². The Kier molecular flexibility index (Phi) is 5.46. The Morgan fingerprint density at radius 3 is 2.33 bits per heavy atom. The Labute approximate surface area is 112 Å². The minimum atomic E-state index is 0.709. The number of nitriles is 1. The van der Waals surface area contributed by atoms with Crippen molar-refractivity contribution >= 4 is 0 Å². The third-order valence-electron chi connectivity index (χ3n) is 4.67. The first-order valence-corrected chi connectivity index (χ1v) is 7.63. The Morgan fingerprint density at radius 1 is 1.06 bits per heavy atom. The molecule has 2 fully saturated rings. The van der Waals surface area contributed by atoms with Crippen molar-refractivity contribution in [2.45, 2.75) is 51.5 Å². The molecule has 0 N–H and O–H groups in total. The molecule has 0 aromatic carbocycles. The van der Waals surface area contributed by atoms with Crippen LogP contribution in [0.3, 0.4) is 0 Å². The molecule has 0 amide bonds. The van der Waals surface area contributed by atoms with Crippen molar-refractivity contribution in [3.63, 3.8) is 0 Å². The summed E-state index contributed by atoms with van der Waals surface area (Å²) >= 11 is 0. The second-order valence-corrected chi connectivity index (χ2v) is 6.05. The van der Waals surface area contributed by atoms with Crippen molar-refractivity contribution < 1.29 is 0 Å². The highest BCUT2D eigenvalue weighted by atomic mass is 15.3. The summed E-state index contributed by atoms with van der Waals surface area (Å²) in [5.74, 6) is 0.952. The first kappa shape index (κ1) is 13.8. The van der Waals surface area contributed by atoms with Gasteiger partial charge in [0.05, 0.1) is 6.07 Å². The number of rotatable bonds is 4. The molecule has 1 saturated carbocycles. The second kappa shape index (κ2) is 7.11. The van der Waals surface area contributed by atoms with Gasteiger partial charge in [-0.1, -0.05) is 6.92 Å². The van der Waals surface area contributed by atoms with Crippen LogP contribution in [0.15, 0.2) is 0 Å². The summed E-state index contributed by atoms with van der Waals surface area (Å²) in [4.78, 5) is 5.24. The third kappa shape index (κ3) is 3.96. The molecule has 0 bridgehead atoms. The zero-order chi connectivity index (χ0) is 12.8. The predicted octanol–water partition coefficient (Wildman–Crippen LogP) is 2.49. The highest BCUT2D eigenvalue weighted by Gasteiger charge is 2.26. The standard InChI is InChI=1S/C15H27N3/c1-14-4-6-15(7-5-14)18-12-10-17(11-13-18)9-3-2-8-16/h14-15H,2-7,9-13H2,1H3. The highest BCUT2D eigenvalue weighted by molar-refractivity contribution is 4.82. The van der Waals surface area contributed by atoms with Crippen LogP contribution in [0.25, 0.3) is 0 Å².